The van der Waals surface area contributed by atoms with Crippen LogP contribution in [0.25, 0.3) is 0 Å². The second kappa shape index (κ2) is 2.26. The Balaban J connectivity index is 2.95. The summed E-state index contributed by atoms with van der Waals surface area (Å²) in [6.45, 7) is 8.93. The molecule has 0 unspecified atom stereocenters. The van der Waals surface area contributed by atoms with E-state index in [2.05, 4.69) is 39.8 Å². The SMILES string of the molecule is C/C=C1\C(C)=CCC1(C)C. The third kappa shape index (κ3) is 1.03. The monoisotopic (exact) mass is 136 g/mol. The second-order valence-corrected chi connectivity index (χ2v) is 3.68. The van der Waals surface area contributed by atoms with Crippen molar-refractivity contribution >= 4 is 0 Å². The maximum absolute atomic E-state index is 2.33. The molecule has 0 radical (unpaired) electrons. The Hall–Kier alpha value is -0.520. The molecule has 1 aliphatic rings. The molecule has 0 amide bonds. The molecule has 1 aliphatic carbocycles. The lowest BCUT2D eigenvalue weighted by molar-refractivity contribution is 0.480. The molecular formula is C10H16. The van der Waals surface area contributed by atoms with Crippen LogP contribution < -0.4 is 0 Å². The molecular weight excluding hydrogens is 120 g/mol. The molecule has 0 aromatic rings. The zero-order chi connectivity index (χ0) is 7.78. The highest BCUT2D eigenvalue weighted by atomic mass is 14.3. The first kappa shape index (κ1) is 7.59. The molecule has 0 nitrogen and oxygen atoms in total. The summed E-state index contributed by atoms with van der Waals surface area (Å²) < 4.78 is 0. The summed E-state index contributed by atoms with van der Waals surface area (Å²) >= 11 is 0. The Kier molecular flexibility index (Phi) is 1.72. The van der Waals surface area contributed by atoms with Gasteiger partial charge in [-0.2, -0.15) is 0 Å². The lowest BCUT2D eigenvalue weighted by atomic mass is 9.84. The van der Waals surface area contributed by atoms with E-state index in [1.165, 1.54) is 17.6 Å². The average molecular weight is 136 g/mol. The molecule has 0 N–H and O–H groups in total. The van der Waals surface area contributed by atoms with Gasteiger partial charge in [-0.1, -0.05) is 31.6 Å². The largest absolute Gasteiger partial charge is 0.0836 e. The molecule has 0 spiro atoms. The lowest BCUT2D eigenvalue weighted by Crippen LogP contribution is -2.08. The Morgan fingerprint density at radius 3 is 2.30 bits per heavy atom. The topological polar surface area (TPSA) is 0 Å². The van der Waals surface area contributed by atoms with Crippen LogP contribution in [0, 0.1) is 5.41 Å². The van der Waals surface area contributed by atoms with E-state index in [1.807, 2.05) is 0 Å². The average Bonchev–Trinajstić information content (AvgIpc) is 2.07. The third-order valence-corrected chi connectivity index (χ3v) is 2.36. The van der Waals surface area contributed by atoms with Crippen LogP contribution in [0.3, 0.4) is 0 Å². The molecule has 0 aromatic carbocycles. The van der Waals surface area contributed by atoms with Crippen molar-refractivity contribution in [1.29, 1.82) is 0 Å². The van der Waals surface area contributed by atoms with Gasteiger partial charge >= 0.3 is 0 Å². The minimum absolute atomic E-state index is 0.402. The first-order valence-electron chi connectivity index (χ1n) is 3.92. The summed E-state index contributed by atoms with van der Waals surface area (Å²) in [7, 11) is 0. The molecule has 10 heavy (non-hydrogen) atoms. The van der Waals surface area contributed by atoms with Gasteiger partial charge in [0.15, 0.2) is 0 Å². The number of rotatable bonds is 0. The van der Waals surface area contributed by atoms with Crippen LogP contribution in [0.4, 0.5) is 0 Å². The Labute approximate surface area is 63.6 Å². The second-order valence-electron chi connectivity index (χ2n) is 3.68. The summed E-state index contributed by atoms with van der Waals surface area (Å²) in [5.41, 5.74) is 3.39. The number of allylic oxidation sites excluding steroid dienone is 4. The van der Waals surface area contributed by atoms with Crippen molar-refractivity contribution in [2.45, 2.75) is 34.1 Å². The number of hydrogen-bond acceptors (Lipinski definition) is 0. The molecule has 1 rings (SSSR count). The fourth-order valence-electron chi connectivity index (χ4n) is 1.78. The van der Waals surface area contributed by atoms with Crippen LogP contribution in [0.15, 0.2) is 23.3 Å². The standard InChI is InChI=1S/C10H16/c1-5-9-8(2)6-7-10(9,3)4/h5-6H,7H2,1-4H3/b9-5+. The lowest BCUT2D eigenvalue weighted by Gasteiger charge is -2.20. The summed E-state index contributed by atoms with van der Waals surface area (Å²) in [6, 6.07) is 0. The van der Waals surface area contributed by atoms with Crippen LogP contribution in [-0.4, -0.2) is 0 Å². The molecule has 0 fully saturated rings. The van der Waals surface area contributed by atoms with Gasteiger partial charge < -0.3 is 0 Å². The van der Waals surface area contributed by atoms with Gasteiger partial charge in [0, 0.05) is 0 Å². The van der Waals surface area contributed by atoms with Crippen molar-refractivity contribution in [3.8, 4) is 0 Å². The van der Waals surface area contributed by atoms with E-state index in [0.29, 0.717) is 5.41 Å². The maximum atomic E-state index is 2.33. The van der Waals surface area contributed by atoms with E-state index < -0.39 is 0 Å². The molecule has 56 valence electrons. The van der Waals surface area contributed by atoms with Gasteiger partial charge in [0.2, 0.25) is 0 Å². The van der Waals surface area contributed by atoms with Crippen molar-refractivity contribution in [3.05, 3.63) is 23.3 Å². The summed E-state index contributed by atoms with van der Waals surface area (Å²) in [5.74, 6) is 0. The van der Waals surface area contributed by atoms with Crippen LogP contribution in [0.5, 0.6) is 0 Å². The molecule has 0 bridgehead atoms. The highest BCUT2D eigenvalue weighted by Crippen LogP contribution is 2.41. The fourth-order valence-corrected chi connectivity index (χ4v) is 1.78. The minimum Gasteiger partial charge on any atom is -0.0836 e. The highest BCUT2D eigenvalue weighted by molar-refractivity contribution is 5.39. The predicted octanol–water partition coefficient (Wildman–Crippen LogP) is 3.31. The predicted molar refractivity (Wildman–Crippen MR) is 45.9 cm³/mol. The number of hydrogen-bond donors (Lipinski definition) is 0. The van der Waals surface area contributed by atoms with Crippen molar-refractivity contribution in [1.82, 2.24) is 0 Å². The molecule has 0 aliphatic heterocycles. The van der Waals surface area contributed by atoms with Crippen molar-refractivity contribution in [2.24, 2.45) is 5.41 Å². The van der Waals surface area contributed by atoms with E-state index in [9.17, 15) is 0 Å². The molecule has 0 saturated carbocycles. The minimum atomic E-state index is 0.402. The highest BCUT2D eigenvalue weighted by Gasteiger charge is 2.27. The zero-order valence-corrected chi connectivity index (χ0v) is 7.36. The van der Waals surface area contributed by atoms with E-state index in [1.54, 1.807) is 0 Å². The molecule has 0 heteroatoms. The quantitative estimate of drug-likeness (QED) is 0.479. The van der Waals surface area contributed by atoms with E-state index in [0.717, 1.165) is 0 Å². The van der Waals surface area contributed by atoms with Crippen LogP contribution in [0.1, 0.15) is 34.1 Å². The van der Waals surface area contributed by atoms with Crippen molar-refractivity contribution in [3.63, 3.8) is 0 Å². The van der Waals surface area contributed by atoms with Gasteiger partial charge in [0.05, 0.1) is 0 Å². The van der Waals surface area contributed by atoms with Gasteiger partial charge in [-0.25, -0.2) is 0 Å². The molecule has 0 aromatic heterocycles. The van der Waals surface area contributed by atoms with Crippen LogP contribution in [0.2, 0.25) is 0 Å². The van der Waals surface area contributed by atoms with E-state index in [-0.39, 0.29) is 0 Å². The first-order valence-corrected chi connectivity index (χ1v) is 3.92. The molecule has 0 heterocycles. The van der Waals surface area contributed by atoms with Gasteiger partial charge in [-0.15, -0.1) is 0 Å². The summed E-state index contributed by atoms with van der Waals surface area (Å²) in [5, 5.41) is 0. The van der Waals surface area contributed by atoms with Crippen LogP contribution >= 0.6 is 0 Å². The maximum Gasteiger partial charge on any atom is -0.00697 e. The Bertz CT molecular complexity index is 192. The van der Waals surface area contributed by atoms with Crippen molar-refractivity contribution in [2.75, 3.05) is 0 Å². The zero-order valence-electron chi connectivity index (χ0n) is 7.36. The summed E-state index contributed by atoms with van der Waals surface area (Å²) in [6.07, 6.45) is 5.77. The van der Waals surface area contributed by atoms with Gasteiger partial charge in [-0.05, 0) is 31.3 Å². The van der Waals surface area contributed by atoms with Gasteiger partial charge in [-0.3, -0.25) is 0 Å². The third-order valence-electron chi connectivity index (χ3n) is 2.36. The fraction of sp³-hybridized carbons (Fsp3) is 0.600. The van der Waals surface area contributed by atoms with Crippen molar-refractivity contribution < 1.29 is 0 Å². The van der Waals surface area contributed by atoms with E-state index >= 15 is 0 Å². The Morgan fingerprint density at radius 2 is 2.10 bits per heavy atom. The van der Waals surface area contributed by atoms with Crippen LogP contribution in [-0.2, 0) is 0 Å². The van der Waals surface area contributed by atoms with Gasteiger partial charge in [0.25, 0.3) is 0 Å². The van der Waals surface area contributed by atoms with Gasteiger partial charge in [0.1, 0.15) is 0 Å². The molecule has 0 saturated heterocycles. The first-order chi connectivity index (χ1) is 4.58. The molecule has 0 atom stereocenters. The smallest absolute Gasteiger partial charge is 0.00697 e. The normalized spacial score (nSPS) is 27.2. The van der Waals surface area contributed by atoms with E-state index in [4.69, 9.17) is 0 Å². The Morgan fingerprint density at radius 1 is 1.50 bits per heavy atom. The summed E-state index contributed by atoms with van der Waals surface area (Å²) in [4.78, 5) is 0.